The summed E-state index contributed by atoms with van der Waals surface area (Å²) in [5.41, 5.74) is 4.08. The molecule has 11 aromatic rings. The van der Waals surface area contributed by atoms with E-state index in [-0.39, 0.29) is 132 Å². The number of carbonyl (C=O) groups is 2. The highest BCUT2D eigenvalue weighted by Gasteiger charge is 2.40. The maximum Gasteiger partial charge on any atom is 0.416 e. The van der Waals surface area contributed by atoms with Gasteiger partial charge in [-0.25, -0.2) is 55.6 Å². The second-order valence-electron chi connectivity index (χ2n) is 30.0. The van der Waals surface area contributed by atoms with E-state index in [2.05, 4.69) is 9.71 Å². The van der Waals surface area contributed by atoms with Crippen LogP contribution >= 0.6 is 11.6 Å². The van der Waals surface area contributed by atoms with Crippen molar-refractivity contribution in [2.75, 3.05) is 90.2 Å². The van der Waals surface area contributed by atoms with Gasteiger partial charge in [0.05, 0.1) is 61.7 Å². The van der Waals surface area contributed by atoms with E-state index in [9.17, 15) is 109 Å². The van der Waals surface area contributed by atoms with Crippen LogP contribution in [0, 0.1) is 11.6 Å². The minimum absolute atomic E-state index is 0.0244. The number of sulfonamides is 4. The number of likely N-dealkylation sites (tertiary alicyclic amines) is 1. The lowest BCUT2D eigenvalue weighted by molar-refractivity contribution is -0.138. The Morgan fingerprint density at radius 1 is 0.492 bits per heavy atom. The van der Waals surface area contributed by atoms with Gasteiger partial charge in [0.25, 0.3) is 0 Å². The number of hydrogen-bond donors (Lipinski definition) is 10. The van der Waals surface area contributed by atoms with Gasteiger partial charge >= 0.3 is 6.18 Å². The lowest BCUT2D eigenvalue weighted by atomic mass is 10.0. The summed E-state index contributed by atoms with van der Waals surface area (Å²) in [5.74, 6) is -8.33. The number of anilines is 1. The topological polar surface area (TPSA) is 446 Å². The van der Waals surface area contributed by atoms with E-state index in [4.69, 9.17) is 31.3 Å². The minimum atomic E-state index is -4.56. The molecule has 15 rings (SSSR count). The van der Waals surface area contributed by atoms with E-state index in [1.54, 1.807) is 23.4 Å². The molecule has 0 spiro atoms. The van der Waals surface area contributed by atoms with Crippen molar-refractivity contribution in [3.8, 4) is 62.9 Å². The number of nitrogens with one attached hydrogen (secondary N) is 1. The monoisotopic (exact) mass is 1920 g/mol. The SMILES string of the molecule is O=C(CC(CCC(=O)N1CCc2c1cccc2C(F)(F)F)S(=O)(=O)c1ccc(O)c(O)c1)N1CCCC1.O=S(=O)(NCCc1ccc2ccccc2c1)c1ccc(O)c(O)c1.O=S(=O)(c1cc(F)c(O)c(F)c1)N1CCOCC1.O=S(=O)(c1ccc(O)c(O)c1)N(CCc1cccc(-c2cccc(Cl)c2)c1)Cc1cccnc1.O=S(=O)(c1ccc(O)c(O)c1)N1CCOCC1. The van der Waals surface area contributed by atoms with Crippen LogP contribution in [0.2, 0.25) is 5.02 Å². The Morgan fingerprint density at radius 3 is 1.58 bits per heavy atom. The van der Waals surface area contributed by atoms with E-state index >= 15 is 0 Å². The number of morpholine rings is 2. The number of benzene rings is 10. The zero-order chi connectivity index (χ0) is 94.0. The van der Waals surface area contributed by atoms with Gasteiger partial charge in [-0.2, -0.15) is 26.1 Å². The molecule has 3 saturated heterocycles. The van der Waals surface area contributed by atoms with Crippen molar-refractivity contribution in [2.24, 2.45) is 0 Å². The summed E-state index contributed by atoms with van der Waals surface area (Å²) in [6.45, 7) is 3.68. The number of sulfone groups is 1. The van der Waals surface area contributed by atoms with Gasteiger partial charge in [-0.3, -0.25) is 14.6 Å². The number of fused-ring (bicyclic) bond motifs is 2. The molecule has 1 atom stereocenters. The van der Waals surface area contributed by atoms with Gasteiger partial charge in [-0.1, -0.05) is 103 Å². The molecule has 1 unspecified atom stereocenters. The molecule has 41 heteroatoms. The van der Waals surface area contributed by atoms with Crippen LogP contribution in [0.1, 0.15) is 59.9 Å². The number of carbonyl (C=O) groups excluding carboxylic acids is 2. The fourth-order valence-corrected chi connectivity index (χ4v) is 21.5. The molecule has 1 aromatic heterocycles. The average Bonchev–Trinajstić information content (AvgIpc) is 1.51. The van der Waals surface area contributed by atoms with Crippen molar-refractivity contribution in [3.63, 3.8) is 0 Å². The lowest BCUT2D eigenvalue weighted by Gasteiger charge is -2.26. The molecule has 30 nitrogen and oxygen atoms in total. The normalized spacial score (nSPS) is 14.8. The lowest BCUT2D eigenvalue weighted by Crippen LogP contribution is -2.40. The van der Waals surface area contributed by atoms with E-state index in [1.807, 2.05) is 97.1 Å². The van der Waals surface area contributed by atoms with Gasteiger partial charge in [0.1, 0.15) is 0 Å². The van der Waals surface area contributed by atoms with Crippen LogP contribution in [0.4, 0.5) is 27.6 Å². The van der Waals surface area contributed by atoms with Gasteiger partial charge in [0, 0.05) is 126 Å². The minimum Gasteiger partial charge on any atom is -0.504 e. The zero-order valence-electron chi connectivity index (χ0n) is 69.2. The molecule has 692 valence electrons. The maximum absolute atomic E-state index is 13.4. The molecule has 2 amide bonds. The predicted molar refractivity (Wildman–Crippen MR) is 470 cm³/mol. The number of pyridine rings is 1. The number of rotatable bonds is 24. The highest BCUT2D eigenvalue weighted by molar-refractivity contribution is 7.92. The van der Waals surface area contributed by atoms with Crippen LogP contribution in [-0.2, 0) is 101 Å². The summed E-state index contributed by atoms with van der Waals surface area (Å²) in [5, 5.41) is 86.5. The molecular weight excluding hydrogens is 1830 g/mol. The molecule has 0 radical (unpaired) electrons. The summed E-state index contributed by atoms with van der Waals surface area (Å²) in [6.07, 6.45) is 0.415. The summed E-state index contributed by atoms with van der Waals surface area (Å²) < 4.78 is 209. The van der Waals surface area contributed by atoms with Crippen LogP contribution in [0.15, 0.2) is 243 Å². The number of ether oxygens (including phenoxy) is 2. The fourth-order valence-electron chi connectivity index (χ4n) is 14.2. The molecule has 0 bridgehead atoms. The first kappa shape index (κ1) is 98.8. The first-order valence-electron chi connectivity index (χ1n) is 40.3. The Labute approximate surface area is 751 Å². The molecule has 10 aromatic carbocycles. The number of phenolic OH excluding ortho intramolecular Hbond substituents is 9. The van der Waals surface area contributed by atoms with Crippen LogP contribution in [-0.4, -0.2) is 213 Å². The standard InChI is InChI=1S/C26H23ClN2O4S.C25H27F3N2O6S.C18H17NO4S.C10H11F2NO4S.C10H13NO5S/c27-23-8-2-7-22(15-23)21-6-1-4-19(14-21)11-13-29(18-20-5-3-12-28-17-20)34(32,33)24-9-10-25(30)26(31)16-24;26-25(27,28)19-4-3-5-20-18(19)10-13-30(20)23(33)9-7-17(15-24(34)29-11-1-2-12-29)37(35,36)16-6-8-21(31)22(32)14-16;20-17-8-7-16(12-18(17)21)24(22,23)19-10-9-13-5-6-14-3-1-2-4-15(14)11-13;11-8-5-7(6-9(12)10(8)14)18(15,16)13-1-3-17-4-2-13;12-9-2-1-8(7-10(9)13)17(14,15)11-3-5-16-6-4-11/h1-10,12,14-17,30-31H,11,13,18H2;3-6,8,14,17,31-32H,1-2,7,9-13,15H2;1-8,11-12,19-21H,9-10H2;5-6,14H,1-4H2;1-2,7,12-13H,3-6H2. The van der Waals surface area contributed by atoms with Crippen molar-refractivity contribution in [1.29, 1.82) is 0 Å². The molecule has 0 aliphatic carbocycles. The molecule has 0 saturated carbocycles. The molecule has 10 N–H and O–H groups in total. The largest absolute Gasteiger partial charge is 0.504 e. The predicted octanol–water partition coefficient (Wildman–Crippen LogP) is 12.5. The Hall–Kier alpha value is -11.8. The molecular formula is C89H91ClF5N7O23S5. The van der Waals surface area contributed by atoms with E-state index < -0.39 is 124 Å². The summed E-state index contributed by atoms with van der Waals surface area (Å²) in [7, 11) is -19.5. The number of nitrogens with zero attached hydrogens (tertiary/aromatic N) is 6. The first-order valence-corrected chi connectivity index (χ1v) is 48.0. The van der Waals surface area contributed by atoms with Gasteiger partial charge < -0.3 is 65.2 Å². The van der Waals surface area contributed by atoms with Crippen LogP contribution in [0.5, 0.6) is 51.7 Å². The summed E-state index contributed by atoms with van der Waals surface area (Å²) >= 11 is 6.13. The fraction of sp³-hybridized carbons (Fsp3) is 0.270. The van der Waals surface area contributed by atoms with Crippen molar-refractivity contribution in [2.45, 2.75) is 93.8 Å². The quantitative estimate of drug-likeness (QED) is 0.0198. The number of hydrogen-bond acceptors (Lipinski definition) is 24. The second kappa shape index (κ2) is 43.3. The molecule has 5 heterocycles. The highest BCUT2D eigenvalue weighted by Crippen LogP contribution is 2.42. The van der Waals surface area contributed by atoms with Crippen molar-refractivity contribution in [1.82, 2.24) is 27.5 Å². The Balaban J connectivity index is 0.000000162. The number of amides is 2. The van der Waals surface area contributed by atoms with Crippen LogP contribution in [0.25, 0.3) is 21.9 Å². The number of aromatic nitrogens is 1. The van der Waals surface area contributed by atoms with E-state index in [0.717, 1.165) is 110 Å². The number of phenols is 9. The van der Waals surface area contributed by atoms with Crippen molar-refractivity contribution < 1.29 is 129 Å². The molecule has 130 heavy (non-hydrogen) atoms. The van der Waals surface area contributed by atoms with Crippen LogP contribution < -0.4 is 9.62 Å². The first-order chi connectivity index (χ1) is 61.6. The summed E-state index contributed by atoms with van der Waals surface area (Å²) in [6, 6.07) is 51.2. The highest BCUT2D eigenvalue weighted by atomic mass is 35.5. The third-order valence-electron chi connectivity index (χ3n) is 21.2. The smallest absolute Gasteiger partial charge is 0.416 e. The molecule has 4 aliphatic rings. The van der Waals surface area contributed by atoms with Gasteiger partial charge in [-0.15, -0.1) is 0 Å². The molecule has 3 fully saturated rings. The zero-order valence-corrected chi connectivity index (χ0v) is 74.0. The maximum atomic E-state index is 13.4. The third kappa shape index (κ3) is 25.2. The summed E-state index contributed by atoms with van der Waals surface area (Å²) in [4.78, 5) is 31.7. The van der Waals surface area contributed by atoms with Gasteiger partial charge in [-0.05, 0) is 174 Å². The Bertz CT molecular complexity index is 6480. The third-order valence-corrected chi connectivity index (χ3v) is 30.7. The van der Waals surface area contributed by atoms with E-state index in [1.165, 1.54) is 49.9 Å². The number of aromatic hydroxyl groups is 9. The van der Waals surface area contributed by atoms with E-state index in [0.29, 0.717) is 69.4 Å². The Morgan fingerprint density at radius 2 is 1.01 bits per heavy atom. The number of halogens is 6. The Kier molecular flexibility index (Phi) is 32.9. The van der Waals surface area contributed by atoms with Crippen LogP contribution in [0.3, 0.4) is 0 Å². The van der Waals surface area contributed by atoms with Gasteiger partial charge in [0.15, 0.2) is 73.2 Å². The van der Waals surface area contributed by atoms with Crippen molar-refractivity contribution >= 4 is 89.8 Å². The molecule has 4 aliphatic heterocycles. The van der Waals surface area contributed by atoms with Gasteiger partial charge in [0.2, 0.25) is 51.9 Å². The number of alkyl halides is 3. The second-order valence-corrected chi connectivity index (χ2v) is 40.2. The average molecular weight is 1920 g/mol. The van der Waals surface area contributed by atoms with Crippen molar-refractivity contribution in [3.05, 3.63) is 263 Å².